The summed E-state index contributed by atoms with van der Waals surface area (Å²) in [6.45, 7) is 6.20. The van der Waals surface area contributed by atoms with Crippen LogP contribution in [0.5, 0.6) is 0 Å². The van der Waals surface area contributed by atoms with Crippen LogP contribution in [0, 0.1) is 5.92 Å². The molecule has 36 nitrogen and oxygen atoms in total. The smallest absolute Gasteiger partial charge is 0.407 e. The quantitative estimate of drug-likeness (QED) is 0.0125. The van der Waals surface area contributed by atoms with E-state index in [0.29, 0.717) is 66.9 Å². The Balaban J connectivity index is 1.18. The van der Waals surface area contributed by atoms with Gasteiger partial charge < -0.3 is 108 Å². The summed E-state index contributed by atoms with van der Waals surface area (Å²) in [5, 5.41) is 41.1. The number of nitrogens with one attached hydrogen (secondary N) is 15. The van der Waals surface area contributed by atoms with E-state index in [-0.39, 0.29) is 89.4 Å². The molecule has 0 spiro atoms. The summed E-state index contributed by atoms with van der Waals surface area (Å²) in [5.74, 6) is -11.3. The molecule has 0 aromatic heterocycles. The second-order valence-corrected chi connectivity index (χ2v) is 35.4. The fourth-order valence-corrected chi connectivity index (χ4v) is 15.1. The van der Waals surface area contributed by atoms with Gasteiger partial charge in [0.2, 0.25) is 65.0 Å². The maximum atomic E-state index is 15.7. The van der Waals surface area contributed by atoms with Crippen LogP contribution in [0.2, 0.25) is 20.1 Å². The van der Waals surface area contributed by atoms with Gasteiger partial charge in [-0.15, -0.1) is 0 Å². The monoisotopic (exact) mass is 2010 g/mol. The predicted octanol–water partition coefficient (Wildman–Crippen LogP) is 10.1. The van der Waals surface area contributed by atoms with Gasteiger partial charge in [0, 0.05) is 87.9 Å². The first-order valence-corrected chi connectivity index (χ1v) is 48.0. The third-order valence-electron chi connectivity index (χ3n) is 22.3. The first-order valence-electron chi connectivity index (χ1n) is 46.5. The molecule has 0 saturated carbocycles. The van der Waals surface area contributed by atoms with E-state index in [1.165, 1.54) is 20.8 Å². The molecule has 140 heavy (non-hydrogen) atoms. The number of ether oxygens (including phenoxy) is 6. The second kappa shape index (κ2) is 60.7. The number of carbonyl (C=O) groups excluding carboxylic acids is 15. The summed E-state index contributed by atoms with van der Waals surface area (Å²) in [6, 6.07) is 35.5. The molecule has 0 unspecified atom stereocenters. The Labute approximate surface area is 833 Å². The van der Waals surface area contributed by atoms with E-state index < -0.39 is 207 Å². The van der Waals surface area contributed by atoms with Crippen LogP contribution in [0.3, 0.4) is 0 Å². The SMILES string of the molecule is CCCCCCCC(=O)N[C@@H](CCNC(=O)OCc1ccccc1Cl)C(=O)N[C@H](C(=O)N[C@@H](CCNC(=O)OCc1ccccc1Cl)C(=O)N[C@H]1CCNC(=O)[C@H]([C@@H](C)OCc2ccccc2)NC(=O)[C@H](CCNC(=O)OCc2ccccc2Cl)NC(=O)[C@H](CCNC(=O)OCc2ccccc2Cl)NC(=O)[C@H](CC(C)C)NC(=O)[C@@H](Cc2ccccc2)NC(=O)[C@H](C)NC1=O)[C@@H](C)OCc1ccccc1. The van der Waals surface area contributed by atoms with Crippen molar-refractivity contribution in [3.8, 4) is 0 Å². The van der Waals surface area contributed by atoms with E-state index in [0.717, 1.165) is 19.3 Å². The lowest BCUT2D eigenvalue weighted by Crippen LogP contribution is -2.62. The number of halogens is 4. The van der Waals surface area contributed by atoms with Crippen LogP contribution in [-0.2, 0) is 127 Å². The minimum Gasteiger partial charge on any atom is -0.445 e. The molecule has 0 bridgehead atoms. The Hall–Kier alpha value is -13.1. The molecule has 0 aliphatic carbocycles. The zero-order chi connectivity index (χ0) is 101. The summed E-state index contributed by atoms with van der Waals surface area (Å²) in [7, 11) is 0. The predicted molar refractivity (Wildman–Crippen MR) is 524 cm³/mol. The third-order valence-corrected chi connectivity index (χ3v) is 23.8. The van der Waals surface area contributed by atoms with Crippen molar-refractivity contribution in [3.05, 3.63) is 247 Å². The topological polar surface area (TPSA) is 492 Å². The normalized spacial score (nSPS) is 17.9. The van der Waals surface area contributed by atoms with Gasteiger partial charge in [0.1, 0.15) is 86.8 Å². The van der Waals surface area contributed by atoms with Crippen molar-refractivity contribution in [1.29, 1.82) is 0 Å². The van der Waals surface area contributed by atoms with Crippen LogP contribution in [-0.4, -0.2) is 195 Å². The highest BCUT2D eigenvalue weighted by molar-refractivity contribution is 6.32. The minimum atomic E-state index is -1.86. The molecule has 1 saturated heterocycles. The highest BCUT2D eigenvalue weighted by atomic mass is 35.5. The molecule has 1 fully saturated rings. The largest absolute Gasteiger partial charge is 0.445 e. The lowest BCUT2D eigenvalue weighted by atomic mass is 10.00. The molecule has 15 amide bonds. The molecule has 754 valence electrons. The molecule has 7 aromatic carbocycles. The summed E-state index contributed by atoms with van der Waals surface area (Å²) in [4.78, 5) is 221. The van der Waals surface area contributed by atoms with E-state index in [1.54, 1.807) is 202 Å². The van der Waals surface area contributed by atoms with Gasteiger partial charge in [0.15, 0.2) is 0 Å². The number of carbonyl (C=O) groups is 15. The van der Waals surface area contributed by atoms with E-state index in [9.17, 15) is 28.8 Å². The van der Waals surface area contributed by atoms with Gasteiger partial charge in [-0.05, 0) is 113 Å². The number of hydrogen-bond donors (Lipinski definition) is 15. The van der Waals surface area contributed by atoms with Crippen LogP contribution in [0.1, 0.15) is 158 Å². The molecule has 1 heterocycles. The van der Waals surface area contributed by atoms with Gasteiger partial charge in [-0.3, -0.25) is 52.7 Å². The zero-order valence-corrected chi connectivity index (χ0v) is 82.0. The molecular weight excluding hydrogens is 1890 g/mol. The van der Waals surface area contributed by atoms with Gasteiger partial charge in [0.05, 0.1) is 25.4 Å². The van der Waals surface area contributed by atoms with Gasteiger partial charge in [-0.25, -0.2) is 19.2 Å². The van der Waals surface area contributed by atoms with Crippen LogP contribution in [0.25, 0.3) is 0 Å². The first-order chi connectivity index (χ1) is 67.3. The Morgan fingerprint density at radius 2 is 0.793 bits per heavy atom. The lowest BCUT2D eigenvalue weighted by Gasteiger charge is -2.30. The Morgan fingerprint density at radius 3 is 1.26 bits per heavy atom. The number of hydrogen-bond acceptors (Lipinski definition) is 21. The molecule has 40 heteroatoms. The van der Waals surface area contributed by atoms with Crippen LogP contribution in [0.15, 0.2) is 188 Å². The van der Waals surface area contributed by atoms with Crippen LogP contribution < -0.4 is 79.8 Å². The third kappa shape index (κ3) is 40.4. The van der Waals surface area contributed by atoms with E-state index in [4.69, 9.17) is 74.8 Å². The van der Waals surface area contributed by atoms with Gasteiger partial charge in [0.25, 0.3) is 0 Å². The van der Waals surface area contributed by atoms with Crippen molar-refractivity contribution in [2.24, 2.45) is 5.92 Å². The van der Waals surface area contributed by atoms with Crippen molar-refractivity contribution in [2.45, 2.75) is 237 Å². The summed E-state index contributed by atoms with van der Waals surface area (Å²) >= 11 is 25.5. The van der Waals surface area contributed by atoms with Crippen LogP contribution >= 0.6 is 46.4 Å². The van der Waals surface area contributed by atoms with Crippen LogP contribution in [0.4, 0.5) is 19.2 Å². The van der Waals surface area contributed by atoms with Crippen molar-refractivity contribution < 1.29 is 100 Å². The Kier molecular flexibility index (Phi) is 48.6. The summed E-state index contributed by atoms with van der Waals surface area (Å²) in [6.07, 6.45) is -5.18. The highest BCUT2D eigenvalue weighted by Crippen LogP contribution is 2.22. The number of benzene rings is 7. The number of rotatable bonds is 45. The van der Waals surface area contributed by atoms with Gasteiger partial charge in [-0.1, -0.05) is 257 Å². The molecule has 12 atom stereocenters. The van der Waals surface area contributed by atoms with Crippen molar-refractivity contribution in [3.63, 3.8) is 0 Å². The number of unbranched alkanes of at least 4 members (excludes halogenated alkanes) is 4. The number of alkyl carbamates (subject to hydrolysis) is 4. The summed E-state index contributed by atoms with van der Waals surface area (Å²) < 4.78 is 34.5. The zero-order valence-electron chi connectivity index (χ0n) is 79.0. The summed E-state index contributed by atoms with van der Waals surface area (Å²) in [5.41, 5.74) is 3.62. The van der Waals surface area contributed by atoms with Crippen molar-refractivity contribution >= 4 is 136 Å². The number of amides is 15. The molecule has 7 aromatic rings. The Morgan fingerprint density at radius 1 is 0.393 bits per heavy atom. The van der Waals surface area contributed by atoms with Gasteiger partial charge >= 0.3 is 24.4 Å². The molecule has 1 aliphatic heterocycles. The maximum absolute atomic E-state index is 15.7. The van der Waals surface area contributed by atoms with Crippen molar-refractivity contribution in [2.75, 3.05) is 32.7 Å². The molecule has 1 aliphatic rings. The van der Waals surface area contributed by atoms with Crippen molar-refractivity contribution in [1.82, 2.24) is 79.8 Å². The van der Waals surface area contributed by atoms with Gasteiger partial charge in [-0.2, -0.15) is 0 Å². The van der Waals surface area contributed by atoms with E-state index in [1.807, 2.05) is 6.92 Å². The van der Waals surface area contributed by atoms with E-state index in [2.05, 4.69) is 79.8 Å². The average Bonchev–Trinajstić information content (AvgIpc) is 0.965. The lowest BCUT2D eigenvalue weighted by molar-refractivity contribution is -0.138. The molecule has 0 radical (unpaired) electrons. The highest BCUT2D eigenvalue weighted by Gasteiger charge is 2.39. The Bertz CT molecular complexity index is 5230. The average molecular weight is 2010 g/mol. The standard InChI is InChI=1S/C100H125Cl4N15O21/c1-7-8-9-10-20-43-84(120)111-77(45-50-106-97(131)137-58-69-35-21-25-39-73(69)101)91(125)119-86(65(6)136-57-68-33-18-13-19-34-68)96(130)115-80(47-52-108-99(133)139-60-71-37-23-27-41-75(71)103)90(124)112-78-44-49-105-95(129)85(64(5)135-56-67-31-16-12-17-32-67)118-92(126)81(48-53-109-100(134)140-61-72-38-24-28-42-76(72)104)113-89(123)79(46-51-107-98(132)138-59-70-36-22-26-40-74(70)102)114-93(127)82(54-62(2)3)117-94(128)83(55-66-29-14-11-15-30-66)116-87(121)63(4)110-88(78)122/h11-19,21-42,62-65,77-83,85-86H,7-10,20,43-61H2,1-6H3,(H,105,129)(H,106,131)(H,107,132)(H,108,133)(H,109,134)(H,110,122)(H,111,120)(H,112,124)(H,113,123)(H,114,127)(H,115,130)(H,116,121)(H,117,128)(H,118,126)(H,119,125)/t63-,64+,65+,77-,78-,79-,80-,81-,82-,83+,85-,86-/m0/s1. The maximum Gasteiger partial charge on any atom is 0.407 e. The molecule has 8 rings (SSSR count). The fraction of sp³-hybridized carbons (Fsp3) is 0.430. The molecular formula is C100H125Cl4N15O21. The first kappa shape index (κ1) is 112. The fourth-order valence-electron chi connectivity index (χ4n) is 14.3. The molecule has 15 N–H and O–H groups in total. The second-order valence-electron chi connectivity index (χ2n) is 33.8. The minimum absolute atomic E-state index is 0.00517. The van der Waals surface area contributed by atoms with E-state index >= 15 is 43.2 Å².